The van der Waals surface area contributed by atoms with E-state index in [4.69, 9.17) is 34.8 Å². The highest BCUT2D eigenvalue weighted by atomic mass is 35.5. The average molecular weight is 320 g/mol. The van der Waals surface area contributed by atoms with E-state index in [0.717, 1.165) is 20.5 Å². The lowest BCUT2D eigenvalue weighted by atomic mass is 10.3. The summed E-state index contributed by atoms with van der Waals surface area (Å²) in [4.78, 5) is 1.95. The van der Waals surface area contributed by atoms with Crippen molar-refractivity contribution < 1.29 is 5.32 Å². The maximum absolute atomic E-state index is 6.23. The third-order valence-electron chi connectivity index (χ3n) is 2.41. The zero-order valence-corrected chi connectivity index (χ0v) is 12.7. The molecule has 18 heavy (non-hydrogen) atoms. The van der Waals surface area contributed by atoms with Gasteiger partial charge in [0.05, 0.1) is 22.0 Å². The van der Waals surface area contributed by atoms with E-state index < -0.39 is 0 Å². The first-order valence-corrected chi connectivity index (χ1v) is 7.27. The van der Waals surface area contributed by atoms with E-state index in [1.165, 1.54) is 0 Å². The van der Waals surface area contributed by atoms with Gasteiger partial charge in [0.25, 0.3) is 0 Å². The first-order chi connectivity index (χ1) is 8.61. The van der Waals surface area contributed by atoms with Crippen molar-refractivity contribution in [2.75, 3.05) is 7.05 Å². The van der Waals surface area contributed by atoms with Crippen LogP contribution in [-0.4, -0.2) is 7.05 Å². The summed E-state index contributed by atoms with van der Waals surface area (Å²) in [5.41, 5.74) is 1.10. The molecule has 0 saturated heterocycles. The Balaban J connectivity index is 2.39. The van der Waals surface area contributed by atoms with Crippen LogP contribution in [0.25, 0.3) is 0 Å². The molecule has 0 saturated carbocycles. The number of quaternary nitrogens is 1. The van der Waals surface area contributed by atoms with Gasteiger partial charge in [-0.1, -0.05) is 52.6 Å². The fourth-order valence-corrected chi connectivity index (χ4v) is 3.33. The van der Waals surface area contributed by atoms with Gasteiger partial charge in [-0.15, -0.1) is 0 Å². The number of nitrogens with two attached hydrogens (primary N) is 1. The SMILES string of the molecule is C[NH2+]c1cccc(Cl)c1Sc1ccc(Cl)cc1Cl. The van der Waals surface area contributed by atoms with Crippen LogP contribution in [0.15, 0.2) is 46.2 Å². The summed E-state index contributed by atoms with van der Waals surface area (Å²) in [6.07, 6.45) is 0. The lowest BCUT2D eigenvalue weighted by molar-refractivity contribution is -0.541. The van der Waals surface area contributed by atoms with E-state index >= 15 is 0 Å². The molecule has 1 nitrogen and oxygen atoms in total. The molecule has 94 valence electrons. The monoisotopic (exact) mass is 318 g/mol. The van der Waals surface area contributed by atoms with Gasteiger partial charge in [-0.05, 0) is 24.3 Å². The summed E-state index contributed by atoms with van der Waals surface area (Å²) < 4.78 is 0. The van der Waals surface area contributed by atoms with Crippen LogP contribution in [0.4, 0.5) is 5.69 Å². The Morgan fingerprint density at radius 2 is 1.78 bits per heavy atom. The minimum Gasteiger partial charge on any atom is -0.315 e. The molecule has 2 N–H and O–H groups in total. The Morgan fingerprint density at radius 3 is 2.44 bits per heavy atom. The molecule has 0 amide bonds. The molecule has 2 rings (SSSR count). The number of hydrogen-bond acceptors (Lipinski definition) is 1. The maximum atomic E-state index is 6.23. The van der Waals surface area contributed by atoms with Crippen molar-refractivity contribution in [1.82, 2.24) is 0 Å². The maximum Gasteiger partial charge on any atom is 0.144 e. The van der Waals surface area contributed by atoms with Gasteiger partial charge in [-0.25, -0.2) is 0 Å². The van der Waals surface area contributed by atoms with Crippen LogP contribution in [0.1, 0.15) is 0 Å². The molecule has 0 unspecified atom stereocenters. The molecule has 0 aliphatic rings. The van der Waals surface area contributed by atoms with Gasteiger partial charge in [0, 0.05) is 16.0 Å². The number of hydrogen-bond donors (Lipinski definition) is 1. The molecule has 0 heterocycles. The van der Waals surface area contributed by atoms with Crippen LogP contribution in [0.2, 0.25) is 15.1 Å². The molecule has 5 heteroatoms. The van der Waals surface area contributed by atoms with Gasteiger partial charge in [-0.2, -0.15) is 0 Å². The fraction of sp³-hybridized carbons (Fsp3) is 0.0769. The van der Waals surface area contributed by atoms with Crippen LogP contribution in [0, 0.1) is 0 Å². The standard InChI is InChI=1S/C13H10Cl3NS/c1-17-11-4-2-3-9(15)13(11)18-12-6-5-8(14)7-10(12)16/h2-7,17H,1H3/p+1. The normalized spacial score (nSPS) is 10.7. The Hall–Kier alpha value is -0.380. The van der Waals surface area contributed by atoms with E-state index in [1.54, 1.807) is 17.8 Å². The van der Waals surface area contributed by atoms with Gasteiger partial charge in [0.2, 0.25) is 0 Å². The molecule has 0 atom stereocenters. The molecule has 0 bridgehead atoms. The summed E-state index contributed by atoms with van der Waals surface area (Å²) >= 11 is 19.8. The molecule has 0 aromatic heterocycles. The third-order valence-corrected chi connectivity index (χ3v) is 4.74. The summed E-state index contributed by atoms with van der Waals surface area (Å²) in [6, 6.07) is 11.3. The smallest absolute Gasteiger partial charge is 0.144 e. The topological polar surface area (TPSA) is 16.6 Å². The van der Waals surface area contributed by atoms with Crippen LogP contribution in [0.5, 0.6) is 0 Å². The average Bonchev–Trinajstić information content (AvgIpc) is 2.34. The van der Waals surface area contributed by atoms with E-state index in [0.29, 0.717) is 10.0 Å². The Morgan fingerprint density at radius 1 is 1.00 bits per heavy atom. The zero-order valence-electron chi connectivity index (χ0n) is 9.58. The number of halogens is 3. The fourth-order valence-electron chi connectivity index (χ4n) is 1.53. The van der Waals surface area contributed by atoms with Gasteiger partial charge in [-0.3, -0.25) is 0 Å². The summed E-state index contributed by atoms with van der Waals surface area (Å²) in [5.74, 6) is 0. The molecular formula is C13H11Cl3NS+. The van der Waals surface area contributed by atoms with Crippen LogP contribution in [-0.2, 0) is 0 Å². The molecule has 2 aromatic carbocycles. The quantitative estimate of drug-likeness (QED) is 0.816. The lowest BCUT2D eigenvalue weighted by Crippen LogP contribution is -2.73. The molecule has 0 radical (unpaired) electrons. The second-order valence-corrected chi connectivity index (χ2v) is 5.93. The van der Waals surface area contributed by atoms with E-state index in [-0.39, 0.29) is 0 Å². The first kappa shape index (κ1) is 14.0. The van der Waals surface area contributed by atoms with Gasteiger partial charge >= 0.3 is 0 Å². The van der Waals surface area contributed by atoms with Crippen molar-refractivity contribution >= 4 is 52.3 Å². The Labute approximate surface area is 125 Å². The second-order valence-electron chi connectivity index (χ2n) is 3.62. The molecule has 0 fully saturated rings. The van der Waals surface area contributed by atoms with E-state index in [9.17, 15) is 0 Å². The van der Waals surface area contributed by atoms with E-state index in [1.807, 2.05) is 42.7 Å². The second kappa shape index (κ2) is 6.18. The summed E-state index contributed by atoms with van der Waals surface area (Å²) in [7, 11) is 1.99. The zero-order chi connectivity index (χ0) is 13.1. The van der Waals surface area contributed by atoms with Crippen LogP contribution >= 0.6 is 46.6 Å². The van der Waals surface area contributed by atoms with Crippen molar-refractivity contribution in [2.45, 2.75) is 9.79 Å². The Kier molecular flexibility index (Phi) is 4.82. The molecule has 0 aliphatic heterocycles. The summed E-state index contributed by atoms with van der Waals surface area (Å²) in [6.45, 7) is 0. The predicted octanol–water partition coefficient (Wildman–Crippen LogP) is 4.62. The van der Waals surface area contributed by atoms with Crippen molar-refractivity contribution in [1.29, 1.82) is 0 Å². The van der Waals surface area contributed by atoms with Crippen molar-refractivity contribution in [3.8, 4) is 0 Å². The van der Waals surface area contributed by atoms with E-state index in [2.05, 4.69) is 0 Å². The van der Waals surface area contributed by atoms with Gasteiger partial charge in [0.15, 0.2) is 0 Å². The largest absolute Gasteiger partial charge is 0.315 e. The number of rotatable bonds is 3. The molecule has 0 aliphatic carbocycles. The lowest BCUT2D eigenvalue weighted by Gasteiger charge is -2.08. The third kappa shape index (κ3) is 3.14. The Bertz CT molecular complexity index is 572. The van der Waals surface area contributed by atoms with Crippen molar-refractivity contribution in [3.63, 3.8) is 0 Å². The van der Waals surface area contributed by atoms with Gasteiger partial charge in [0.1, 0.15) is 5.69 Å². The molecule has 2 aromatic rings. The van der Waals surface area contributed by atoms with Gasteiger partial charge < -0.3 is 5.32 Å². The summed E-state index contributed by atoms with van der Waals surface area (Å²) in [5, 5.41) is 4.01. The molecule has 0 spiro atoms. The van der Waals surface area contributed by atoms with Crippen molar-refractivity contribution in [2.24, 2.45) is 0 Å². The number of benzene rings is 2. The molecular weight excluding hydrogens is 309 g/mol. The highest BCUT2D eigenvalue weighted by Crippen LogP contribution is 2.40. The minimum absolute atomic E-state index is 0.630. The van der Waals surface area contributed by atoms with Crippen LogP contribution in [0.3, 0.4) is 0 Å². The first-order valence-electron chi connectivity index (χ1n) is 5.32. The van der Waals surface area contributed by atoms with Crippen molar-refractivity contribution in [3.05, 3.63) is 51.5 Å². The highest BCUT2D eigenvalue weighted by Gasteiger charge is 2.12. The van der Waals surface area contributed by atoms with Crippen LogP contribution < -0.4 is 5.32 Å². The minimum atomic E-state index is 0.630. The predicted molar refractivity (Wildman–Crippen MR) is 79.5 cm³/mol. The highest BCUT2D eigenvalue weighted by molar-refractivity contribution is 7.99.